The lowest BCUT2D eigenvalue weighted by Gasteiger charge is -2.35. The van der Waals surface area contributed by atoms with Gasteiger partial charge < -0.3 is 15.3 Å². The smallest absolute Gasteiger partial charge is 0.407 e. The van der Waals surface area contributed by atoms with Crippen molar-refractivity contribution in [2.24, 2.45) is 0 Å². The molecular formula is C10H14BrN3O4. The van der Waals surface area contributed by atoms with Gasteiger partial charge in [0.25, 0.3) is 5.91 Å². The molecule has 4 amide bonds. The predicted molar refractivity (Wildman–Crippen MR) is 65.6 cm³/mol. The first-order valence-corrected chi connectivity index (χ1v) is 6.80. The quantitative estimate of drug-likeness (QED) is 0.571. The van der Waals surface area contributed by atoms with Crippen molar-refractivity contribution >= 4 is 34.0 Å². The lowest BCUT2D eigenvalue weighted by Crippen LogP contribution is -2.55. The number of rotatable bonds is 2. The second kappa shape index (κ2) is 4.75. The monoisotopic (exact) mass is 319 g/mol. The van der Waals surface area contributed by atoms with E-state index < -0.39 is 11.6 Å². The molecule has 0 aromatic heterocycles. The molecule has 0 atom stereocenters. The third-order valence-electron chi connectivity index (χ3n) is 3.44. The average molecular weight is 320 g/mol. The molecule has 2 aliphatic rings. The average Bonchev–Trinajstić information content (AvgIpc) is 2.55. The Morgan fingerprint density at radius 1 is 1.39 bits per heavy atom. The van der Waals surface area contributed by atoms with Gasteiger partial charge >= 0.3 is 12.1 Å². The van der Waals surface area contributed by atoms with Crippen molar-refractivity contribution in [1.82, 2.24) is 15.1 Å². The van der Waals surface area contributed by atoms with Gasteiger partial charge in [-0.1, -0.05) is 15.9 Å². The Kier molecular flexibility index (Phi) is 3.47. The van der Waals surface area contributed by atoms with Crippen molar-refractivity contribution in [3.8, 4) is 0 Å². The van der Waals surface area contributed by atoms with Crippen LogP contribution in [0.4, 0.5) is 9.59 Å². The molecule has 0 bridgehead atoms. The topological polar surface area (TPSA) is 89.9 Å². The van der Waals surface area contributed by atoms with Crippen LogP contribution in [-0.2, 0) is 4.79 Å². The minimum absolute atomic E-state index is 0.239. The van der Waals surface area contributed by atoms with E-state index in [1.165, 1.54) is 9.80 Å². The lowest BCUT2D eigenvalue weighted by atomic mass is 9.87. The number of urea groups is 1. The Balaban J connectivity index is 2.08. The molecule has 2 N–H and O–H groups in total. The molecule has 0 aromatic rings. The maximum Gasteiger partial charge on any atom is 0.407 e. The van der Waals surface area contributed by atoms with Crippen LogP contribution in [-0.4, -0.2) is 63.4 Å². The summed E-state index contributed by atoms with van der Waals surface area (Å²) in [5.41, 5.74) is -0.898. The molecule has 18 heavy (non-hydrogen) atoms. The number of amides is 4. The summed E-state index contributed by atoms with van der Waals surface area (Å²) in [5.74, 6) is -0.239. The number of nitrogens with zero attached hydrogens (tertiary/aromatic N) is 2. The first-order valence-electron chi connectivity index (χ1n) is 5.68. The highest BCUT2D eigenvalue weighted by molar-refractivity contribution is 9.09. The summed E-state index contributed by atoms with van der Waals surface area (Å²) in [5, 5.41) is 12.1. The van der Waals surface area contributed by atoms with Crippen LogP contribution in [0.2, 0.25) is 0 Å². The molecule has 0 aliphatic carbocycles. The molecule has 2 rings (SSSR count). The summed E-state index contributed by atoms with van der Waals surface area (Å²) in [7, 11) is 0. The minimum Gasteiger partial charge on any atom is -0.465 e. The third kappa shape index (κ3) is 2.05. The minimum atomic E-state index is -0.987. The van der Waals surface area contributed by atoms with E-state index in [0.717, 1.165) is 0 Å². The van der Waals surface area contributed by atoms with Gasteiger partial charge in [0.15, 0.2) is 0 Å². The van der Waals surface area contributed by atoms with Crippen molar-refractivity contribution in [1.29, 1.82) is 0 Å². The van der Waals surface area contributed by atoms with Crippen molar-refractivity contribution in [3.05, 3.63) is 0 Å². The second-order valence-corrected chi connectivity index (χ2v) is 5.22. The maximum atomic E-state index is 12.2. The Morgan fingerprint density at radius 2 is 2.00 bits per heavy atom. The van der Waals surface area contributed by atoms with E-state index in [1.807, 2.05) is 0 Å². The summed E-state index contributed by atoms with van der Waals surface area (Å²) in [4.78, 5) is 37.2. The summed E-state index contributed by atoms with van der Waals surface area (Å²) in [6, 6.07) is -0.386. The SMILES string of the molecule is O=C(O)N1CCC2(CC1)NC(=O)N(CCBr)C2=O. The zero-order valence-corrected chi connectivity index (χ0v) is 11.3. The van der Waals surface area contributed by atoms with E-state index in [9.17, 15) is 14.4 Å². The maximum absolute atomic E-state index is 12.2. The first kappa shape index (κ1) is 13.1. The fourth-order valence-corrected chi connectivity index (χ4v) is 2.74. The van der Waals surface area contributed by atoms with Gasteiger partial charge in [0.1, 0.15) is 5.54 Å². The number of carboxylic acid groups (broad SMARTS) is 1. The molecule has 0 aromatic carbocycles. The number of halogens is 1. The highest BCUT2D eigenvalue weighted by Gasteiger charge is 2.52. The van der Waals surface area contributed by atoms with Gasteiger partial charge in [-0.2, -0.15) is 0 Å². The molecule has 7 nitrogen and oxygen atoms in total. The van der Waals surface area contributed by atoms with Crippen molar-refractivity contribution < 1.29 is 19.5 Å². The van der Waals surface area contributed by atoms with Gasteiger partial charge in [0.2, 0.25) is 0 Å². The molecule has 0 unspecified atom stereocenters. The van der Waals surface area contributed by atoms with E-state index in [1.54, 1.807) is 0 Å². The Hall–Kier alpha value is -1.31. The Bertz CT molecular complexity index is 393. The lowest BCUT2D eigenvalue weighted by molar-refractivity contribution is -0.132. The predicted octanol–water partition coefficient (Wildman–Crippen LogP) is 0.446. The molecule has 2 saturated heterocycles. The van der Waals surface area contributed by atoms with Gasteiger partial charge in [0.05, 0.1) is 0 Å². The first-order chi connectivity index (χ1) is 8.50. The third-order valence-corrected chi connectivity index (χ3v) is 3.80. The van der Waals surface area contributed by atoms with Crippen LogP contribution >= 0.6 is 15.9 Å². The molecule has 2 fully saturated rings. The van der Waals surface area contributed by atoms with E-state index in [4.69, 9.17) is 5.11 Å². The van der Waals surface area contributed by atoms with Gasteiger partial charge in [-0.3, -0.25) is 9.69 Å². The number of nitrogens with one attached hydrogen (secondary N) is 1. The molecule has 2 aliphatic heterocycles. The van der Waals surface area contributed by atoms with Gasteiger partial charge in [-0.15, -0.1) is 0 Å². The summed E-state index contributed by atoms with van der Waals surface area (Å²) in [6.07, 6.45) is -0.315. The number of hydrogen-bond acceptors (Lipinski definition) is 3. The van der Waals surface area contributed by atoms with E-state index >= 15 is 0 Å². The normalized spacial score (nSPS) is 22.5. The zero-order valence-electron chi connectivity index (χ0n) is 9.69. The molecule has 8 heteroatoms. The van der Waals surface area contributed by atoms with Crippen molar-refractivity contribution in [2.75, 3.05) is 25.0 Å². The highest BCUT2D eigenvalue weighted by Crippen LogP contribution is 2.29. The van der Waals surface area contributed by atoms with Crippen LogP contribution in [0.5, 0.6) is 0 Å². The van der Waals surface area contributed by atoms with Gasteiger partial charge in [0, 0.05) is 25.0 Å². The van der Waals surface area contributed by atoms with Crippen LogP contribution in [0.1, 0.15) is 12.8 Å². The van der Waals surface area contributed by atoms with Gasteiger partial charge in [-0.05, 0) is 12.8 Å². The zero-order chi connectivity index (χ0) is 13.3. The number of carbonyl (C=O) groups excluding carboxylic acids is 2. The van der Waals surface area contributed by atoms with Crippen LogP contribution in [0, 0.1) is 0 Å². The van der Waals surface area contributed by atoms with Gasteiger partial charge in [-0.25, -0.2) is 9.59 Å². The number of carbonyl (C=O) groups is 3. The Morgan fingerprint density at radius 3 is 2.50 bits per heavy atom. The Labute approximate surface area is 112 Å². The van der Waals surface area contributed by atoms with Crippen LogP contribution in [0.15, 0.2) is 0 Å². The van der Waals surface area contributed by atoms with Crippen molar-refractivity contribution in [2.45, 2.75) is 18.4 Å². The number of hydrogen-bond donors (Lipinski definition) is 2. The molecule has 1 spiro atoms. The van der Waals surface area contributed by atoms with E-state index in [-0.39, 0.29) is 25.0 Å². The number of likely N-dealkylation sites (tertiary alicyclic amines) is 1. The number of piperidine rings is 1. The van der Waals surface area contributed by atoms with Crippen LogP contribution < -0.4 is 5.32 Å². The summed E-state index contributed by atoms with van der Waals surface area (Å²) >= 11 is 3.20. The van der Waals surface area contributed by atoms with Crippen molar-refractivity contribution in [3.63, 3.8) is 0 Å². The molecule has 0 radical (unpaired) electrons. The fraction of sp³-hybridized carbons (Fsp3) is 0.700. The number of alkyl halides is 1. The fourth-order valence-electron chi connectivity index (χ4n) is 2.38. The highest BCUT2D eigenvalue weighted by atomic mass is 79.9. The second-order valence-electron chi connectivity index (χ2n) is 4.43. The van der Waals surface area contributed by atoms with Crippen LogP contribution in [0.3, 0.4) is 0 Å². The van der Waals surface area contributed by atoms with Crippen LogP contribution in [0.25, 0.3) is 0 Å². The number of imide groups is 1. The standard InChI is InChI=1S/C10H14BrN3O4/c11-3-6-14-7(15)10(12-8(14)16)1-4-13(5-2-10)9(17)18/h1-6H2,(H,12,16)(H,17,18). The molecule has 100 valence electrons. The van der Waals surface area contributed by atoms with E-state index in [2.05, 4.69) is 21.2 Å². The molecular weight excluding hydrogens is 306 g/mol. The summed E-state index contributed by atoms with van der Waals surface area (Å²) < 4.78 is 0. The molecule has 2 heterocycles. The van der Waals surface area contributed by atoms with E-state index in [0.29, 0.717) is 24.7 Å². The summed E-state index contributed by atoms with van der Waals surface area (Å²) in [6.45, 7) is 0.863. The largest absolute Gasteiger partial charge is 0.465 e. The molecule has 0 saturated carbocycles.